The molecule has 2 rings (SSSR count). The quantitative estimate of drug-likeness (QED) is 0.713. The Kier molecular flexibility index (Phi) is 6.84. The summed E-state index contributed by atoms with van der Waals surface area (Å²) in [6, 6.07) is -0.0619. The predicted molar refractivity (Wildman–Crippen MR) is 91.2 cm³/mol. The van der Waals surface area contributed by atoms with E-state index in [1.165, 1.54) is 0 Å². The molecule has 0 aromatic carbocycles. The van der Waals surface area contributed by atoms with Crippen molar-refractivity contribution in [1.82, 2.24) is 19.6 Å². The van der Waals surface area contributed by atoms with Crippen molar-refractivity contribution in [2.45, 2.75) is 39.7 Å². The molecular weight excluding hydrogens is 292 g/mol. The van der Waals surface area contributed by atoms with Gasteiger partial charge in [0.2, 0.25) is 11.8 Å². The summed E-state index contributed by atoms with van der Waals surface area (Å²) in [6.07, 6.45) is 2.26. The van der Waals surface area contributed by atoms with E-state index in [-0.39, 0.29) is 17.9 Å². The first kappa shape index (κ1) is 18.2. The number of hydrogen-bond acceptors (Lipinski definition) is 4. The zero-order chi connectivity index (χ0) is 16.8. The minimum Gasteiger partial charge on any atom is -0.341 e. The Labute approximate surface area is 140 Å². The number of likely N-dealkylation sites (tertiary alicyclic amines) is 1. The van der Waals surface area contributed by atoms with E-state index in [0.717, 1.165) is 65.2 Å². The summed E-state index contributed by atoms with van der Waals surface area (Å²) < 4.78 is 0. The summed E-state index contributed by atoms with van der Waals surface area (Å²) in [6.45, 7) is 13.4. The highest BCUT2D eigenvalue weighted by atomic mass is 16.2. The Morgan fingerprint density at radius 3 is 2.00 bits per heavy atom. The maximum Gasteiger partial charge on any atom is 0.239 e. The molecule has 0 bridgehead atoms. The van der Waals surface area contributed by atoms with Crippen LogP contribution in [0.15, 0.2) is 0 Å². The van der Waals surface area contributed by atoms with Crippen molar-refractivity contribution in [3.8, 4) is 0 Å². The third-order valence-electron chi connectivity index (χ3n) is 5.24. The predicted octanol–water partition coefficient (Wildman–Crippen LogP) is 0.483. The van der Waals surface area contributed by atoms with Gasteiger partial charge in [0.05, 0.1) is 12.6 Å². The van der Waals surface area contributed by atoms with Crippen molar-refractivity contribution in [3.63, 3.8) is 0 Å². The summed E-state index contributed by atoms with van der Waals surface area (Å²) in [5, 5.41) is 0. The monoisotopic (exact) mass is 324 g/mol. The molecule has 2 heterocycles. The van der Waals surface area contributed by atoms with Crippen molar-refractivity contribution in [2.75, 3.05) is 58.9 Å². The van der Waals surface area contributed by atoms with Crippen LogP contribution in [0.1, 0.15) is 33.6 Å². The van der Waals surface area contributed by atoms with Gasteiger partial charge in [-0.3, -0.25) is 19.4 Å². The van der Waals surface area contributed by atoms with E-state index in [1.807, 2.05) is 16.7 Å². The van der Waals surface area contributed by atoms with Crippen molar-refractivity contribution in [1.29, 1.82) is 0 Å². The lowest BCUT2D eigenvalue weighted by molar-refractivity contribution is -0.138. The van der Waals surface area contributed by atoms with Gasteiger partial charge >= 0.3 is 0 Å². The second-order valence-electron chi connectivity index (χ2n) is 6.59. The molecule has 2 aliphatic heterocycles. The molecule has 2 amide bonds. The summed E-state index contributed by atoms with van der Waals surface area (Å²) >= 11 is 0. The lowest BCUT2D eigenvalue weighted by Gasteiger charge is -2.39. The standard InChI is InChI=1S/C17H32N4O2/c1-4-18(5-2)14-16(22)20-12-10-19(11-13-20)15(3)17(23)21-8-6-7-9-21/h15H,4-14H2,1-3H3/t15-/m1/s1. The number of carbonyl (C=O) groups excluding carboxylic acids is 2. The van der Waals surface area contributed by atoms with Crippen LogP contribution in [0, 0.1) is 0 Å². The molecule has 2 aliphatic rings. The van der Waals surface area contributed by atoms with E-state index in [0.29, 0.717) is 6.54 Å². The van der Waals surface area contributed by atoms with Crippen LogP contribution in [0.3, 0.4) is 0 Å². The molecule has 2 fully saturated rings. The Hall–Kier alpha value is -1.14. The van der Waals surface area contributed by atoms with Crippen LogP contribution < -0.4 is 0 Å². The maximum atomic E-state index is 12.5. The molecule has 0 N–H and O–H groups in total. The first-order valence-corrected chi connectivity index (χ1v) is 9.09. The van der Waals surface area contributed by atoms with Crippen LogP contribution in [0.5, 0.6) is 0 Å². The number of nitrogens with zero attached hydrogens (tertiary/aromatic N) is 4. The molecule has 0 aromatic rings. The normalized spacial score (nSPS) is 21.0. The maximum absolute atomic E-state index is 12.5. The molecule has 6 heteroatoms. The number of rotatable bonds is 6. The SMILES string of the molecule is CCN(CC)CC(=O)N1CCN([C@H](C)C(=O)N2CCCC2)CC1. The molecular formula is C17H32N4O2. The molecule has 2 saturated heterocycles. The Morgan fingerprint density at radius 2 is 1.48 bits per heavy atom. The van der Waals surface area contributed by atoms with Crippen molar-refractivity contribution >= 4 is 11.8 Å². The summed E-state index contributed by atoms with van der Waals surface area (Å²) in [7, 11) is 0. The van der Waals surface area contributed by atoms with Gasteiger partial charge < -0.3 is 9.80 Å². The first-order valence-electron chi connectivity index (χ1n) is 9.09. The highest BCUT2D eigenvalue weighted by Gasteiger charge is 2.31. The first-order chi connectivity index (χ1) is 11.1. The van der Waals surface area contributed by atoms with Gasteiger partial charge in [0.1, 0.15) is 0 Å². The Balaban J connectivity index is 1.78. The van der Waals surface area contributed by atoms with Gasteiger partial charge in [0, 0.05) is 39.3 Å². The van der Waals surface area contributed by atoms with Gasteiger partial charge in [-0.25, -0.2) is 0 Å². The van der Waals surface area contributed by atoms with Crippen molar-refractivity contribution in [3.05, 3.63) is 0 Å². The fourth-order valence-electron chi connectivity index (χ4n) is 3.46. The van der Waals surface area contributed by atoms with Crippen LogP contribution in [0.2, 0.25) is 0 Å². The lowest BCUT2D eigenvalue weighted by Crippen LogP contribution is -2.56. The summed E-state index contributed by atoms with van der Waals surface area (Å²) in [4.78, 5) is 33.1. The van der Waals surface area contributed by atoms with Gasteiger partial charge in [-0.1, -0.05) is 13.8 Å². The van der Waals surface area contributed by atoms with E-state index in [4.69, 9.17) is 0 Å². The highest BCUT2D eigenvalue weighted by molar-refractivity contribution is 5.82. The zero-order valence-corrected chi connectivity index (χ0v) is 15.0. The molecule has 0 radical (unpaired) electrons. The molecule has 0 saturated carbocycles. The van der Waals surface area contributed by atoms with E-state index in [1.54, 1.807) is 0 Å². The Morgan fingerprint density at radius 1 is 0.913 bits per heavy atom. The van der Waals surface area contributed by atoms with Crippen LogP contribution in [-0.4, -0.2) is 96.4 Å². The van der Waals surface area contributed by atoms with Gasteiger partial charge in [-0.15, -0.1) is 0 Å². The number of amides is 2. The lowest BCUT2D eigenvalue weighted by atomic mass is 10.2. The van der Waals surface area contributed by atoms with Gasteiger partial charge in [0.25, 0.3) is 0 Å². The number of likely N-dealkylation sites (N-methyl/N-ethyl adjacent to an activating group) is 1. The topological polar surface area (TPSA) is 47.1 Å². The molecule has 0 unspecified atom stereocenters. The molecule has 6 nitrogen and oxygen atoms in total. The van der Waals surface area contributed by atoms with Crippen LogP contribution in [0.4, 0.5) is 0 Å². The fraction of sp³-hybridized carbons (Fsp3) is 0.882. The van der Waals surface area contributed by atoms with E-state index >= 15 is 0 Å². The van der Waals surface area contributed by atoms with Gasteiger partial charge in [0.15, 0.2) is 0 Å². The average Bonchev–Trinajstić information content (AvgIpc) is 3.12. The number of piperazine rings is 1. The Bertz CT molecular complexity index is 397. The zero-order valence-electron chi connectivity index (χ0n) is 15.0. The van der Waals surface area contributed by atoms with Gasteiger partial charge in [-0.2, -0.15) is 0 Å². The van der Waals surface area contributed by atoms with E-state index in [9.17, 15) is 9.59 Å². The molecule has 0 spiro atoms. The molecule has 132 valence electrons. The minimum absolute atomic E-state index is 0.0619. The second kappa shape index (κ2) is 8.64. The summed E-state index contributed by atoms with van der Waals surface area (Å²) in [5.41, 5.74) is 0. The van der Waals surface area contributed by atoms with Crippen molar-refractivity contribution < 1.29 is 9.59 Å². The van der Waals surface area contributed by atoms with Crippen LogP contribution in [-0.2, 0) is 9.59 Å². The molecule has 1 atom stereocenters. The second-order valence-corrected chi connectivity index (χ2v) is 6.59. The van der Waals surface area contributed by atoms with E-state index < -0.39 is 0 Å². The molecule has 0 aliphatic carbocycles. The number of carbonyl (C=O) groups is 2. The molecule has 0 aromatic heterocycles. The third-order valence-corrected chi connectivity index (χ3v) is 5.24. The third kappa shape index (κ3) is 4.67. The fourth-order valence-corrected chi connectivity index (χ4v) is 3.46. The van der Waals surface area contributed by atoms with Crippen LogP contribution in [0.25, 0.3) is 0 Å². The average molecular weight is 324 g/mol. The number of hydrogen-bond donors (Lipinski definition) is 0. The minimum atomic E-state index is -0.0619. The smallest absolute Gasteiger partial charge is 0.239 e. The van der Waals surface area contributed by atoms with Crippen LogP contribution >= 0.6 is 0 Å². The van der Waals surface area contributed by atoms with Gasteiger partial charge in [-0.05, 0) is 32.9 Å². The molecule has 23 heavy (non-hydrogen) atoms. The van der Waals surface area contributed by atoms with Crippen molar-refractivity contribution in [2.24, 2.45) is 0 Å². The summed E-state index contributed by atoms with van der Waals surface area (Å²) in [5.74, 6) is 0.470. The van der Waals surface area contributed by atoms with E-state index in [2.05, 4.69) is 23.6 Å². The largest absolute Gasteiger partial charge is 0.341 e. The highest BCUT2D eigenvalue weighted by Crippen LogP contribution is 2.14.